The van der Waals surface area contributed by atoms with Gasteiger partial charge in [-0.15, -0.1) is 0 Å². The van der Waals surface area contributed by atoms with Crippen molar-refractivity contribution in [2.75, 3.05) is 6.61 Å². The number of nitrogens with one attached hydrogen (secondary N) is 1. The van der Waals surface area contributed by atoms with E-state index < -0.39 is 0 Å². The molecular weight excluding hydrogens is 252 g/mol. The molecule has 1 aliphatic heterocycles. The Morgan fingerprint density at radius 3 is 3.00 bits per heavy atom. The minimum atomic E-state index is -0.0534. The Bertz CT molecular complexity index is 483. The van der Waals surface area contributed by atoms with Crippen LogP contribution in [0.3, 0.4) is 0 Å². The lowest BCUT2D eigenvalue weighted by atomic mass is 10.0. The highest BCUT2D eigenvalue weighted by Gasteiger charge is 2.31. The number of hydrogen-bond donors (Lipinski definition) is 2. The first kappa shape index (κ1) is 13.6. The van der Waals surface area contributed by atoms with E-state index >= 15 is 0 Å². The third kappa shape index (κ3) is 2.86. The van der Waals surface area contributed by atoms with Crippen molar-refractivity contribution in [1.82, 2.24) is 5.32 Å². The molecule has 1 saturated heterocycles. The topological polar surface area (TPSA) is 64.3 Å². The van der Waals surface area contributed by atoms with E-state index in [2.05, 4.69) is 17.4 Å². The van der Waals surface area contributed by atoms with E-state index in [-0.39, 0.29) is 24.1 Å². The fraction of sp³-hybridized carbons (Fsp3) is 0.562. The van der Waals surface area contributed by atoms with Crippen molar-refractivity contribution < 1.29 is 9.53 Å². The molecule has 1 amide bonds. The minimum absolute atomic E-state index is 0.0244. The minimum Gasteiger partial charge on any atom is -0.378 e. The zero-order valence-corrected chi connectivity index (χ0v) is 11.7. The number of benzene rings is 1. The molecule has 0 radical (unpaired) electrons. The largest absolute Gasteiger partial charge is 0.378 e. The lowest BCUT2D eigenvalue weighted by Gasteiger charge is -2.24. The quantitative estimate of drug-likeness (QED) is 0.881. The summed E-state index contributed by atoms with van der Waals surface area (Å²) in [6.45, 7) is 0.781. The Morgan fingerprint density at radius 1 is 1.35 bits per heavy atom. The summed E-state index contributed by atoms with van der Waals surface area (Å²) in [5.74, 6) is 0.0500. The van der Waals surface area contributed by atoms with Crippen LogP contribution in [0.15, 0.2) is 24.3 Å². The molecule has 3 N–H and O–H groups in total. The number of nitrogens with two attached hydrogens (primary N) is 1. The van der Waals surface area contributed by atoms with Gasteiger partial charge in [-0.25, -0.2) is 0 Å². The Hall–Kier alpha value is -1.39. The second-order valence-corrected chi connectivity index (χ2v) is 5.80. The molecule has 0 aromatic heterocycles. The molecule has 4 nitrogen and oxygen atoms in total. The maximum absolute atomic E-state index is 12.2. The summed E-state index contributed by atoms with van der Waals surface area (Å²) in [4.78, 5) is 12.2. The van der Waals surface area contributed by atoms with Gasteiger partial charge in [-0.1, -0.05) is 24.3 Å². The van der Waals surface area contributed by atoms with Gasteiger partial charge < -0.3 is 15.8 Å². The van der Waals surface area contributed by atoms with Crippen LogP contribution < -0.4 is 11.1 Å². The van der Waals surface area contributed by atoms with E-state index in [1.165, 1.54) is 5.56 Å². The van der Waals surface area contributed by atoms with E-state index in [0.717, 1.165) is 37.9 Å². The summed E-state index contributed by atoms with van der Waals surface area (Å²) >= 11 is 0. The lowest BCUT2D eigenvalue weighted by molar-refractivity contribution is -0.125. The van der Waals surface area contributed by atoms with Crippen LogP contribution in [0, 0.1) is 0 Å². The SMILES string of the molecule is NC1Cc2ccccc2C1NC(=O)CC1CCCCO1. The molecule has 108 valence electrons. The van der Waals surface area contributed by atoms with Gasteiger partial charge in [0.1, 0.15) is 0 Å². The molecule has 0 spiro atoms. The molecule has 3 rings (SSSR count). The summed E-state index contributed by atoms with van der Waals surface area (Å²) in [7, 11) is 0. The van der Waals surface area contributed by atoms with Crippen LogP contribution >= 0.6 is 0 Å². The average Bonchev–Trinajstić information content (AvgIpc) is 2.76. The average molecular weight is 274 g/mol. The molecule has 20 heavy (non-hydrogen) atoms. The van der Waals surface area contributed by atoms with Crippen molar-refractivity contribution in [3.63, 3.8) is 0 Å². The van der Waals surface area contributed by atoms with Crippen molar-refractivity contribution >= 4 is 5.91 Å². The van der Waals surface area contributed by atoms with Crippen LogP contribution in [0.25, 0.3) is 0 Å². The third-order valence-corrected chi connectivity index (χ3v) is 4.28. The van der Waals surface area contributed by atoms with Crippen LogP contribution in [-0.4, -0.2) is 24.7 Å². The standard InChI is InChI=1S/C16H22N2O2/c17-14-9-11-5-1-2-7-13(11)16(14)18-15(19)10-12-6-3-4-8-20-12/h1-2,5,7,12,14,16H,3-4,6,8-10,17H2,(H,18,19). The molecule has 2 aliphatic rings. The van der Waals surface area contributed by atoms with E-state index in [1.807, 2.05) is 12.1 Å². The number of fused-ring (bicyclic) bond motifs is 1. The van der Waals surface area contributed by atoms with Crippen molar-refractivity contribution in [2.45, 2.75) is 50.3 Å². The van der Waals surface area contributed by atoms with E-state index in [0.29, 0.717) is 6.42 Å². The highest BCUT2D eigenvalue weighted by atomic mass is 16.5. The first-order valence-electron chi connectivity index (χ1n) is 7.48. The summed E-state index contributed by atoms with van der Waals surface area (Å²) in [6, 6.07) is 8.09. The highest BCUT2D eigenvalue weighted by Crippen LogP contribution is 2.30. The third-order valence-electron chi connectivity index (χ3n) is 4.28. The van der Waals surface area contributed by atoms with Crippen molar-refractivity contribution in [3.8, 4) is 0 Å². The van der Waals surface area contributed by atoms with Gasteiger partial charge in [-0.3, -0.25) is 4.79 Å². The van der Waals surface area contributed by atoms with E-state index in [4.69, 9.17) is 10.5 Å². The molecule has 1 aliphatic carbocycles. The van der Waals surface area contributed by atoms with Gasteiger partial charge in [0.15, 0.2) is 0 Å². The van der Waals surface area contributed by atoms with Gasteiger partial charge in [0.05, 0.1) is 18.6 Å². The number of amides is 1. The van der Waals surface area contributed by atoms with Gasteiger partial charge in [-0.05, 0) is 36.8 Å². The lowest BCUT2D eigenvalue weighted by Crippen LogP contribution is -2.40. The Balaban J connectivity index is 1.61. The summed E-state index contributed by atoms with van der Waals surface area (Å²) < 4.78 is 5.62. The summed E-state index contributed by atoms with van der Waals surface area (Å²) in [5, 5.41) is 3.09. The first-order valence-corrected chi connectivity index (χ1v) is 7.48. The molecule has 1 fully saturated rings. The second-order valence-electron chi connectivity index (χ2n) is 5.80. The molecule has 1 heterocycles. The molecule has 1 aromatic rings. The molecule has 3 atom stereocenters. The van der Waals surface area contributed by atoms with E-state index in [1.54, 1.807) is 0 Å². The Labute approximate surface area is 119 Å². The van der Waals surface area contributed by atoms with E-state index in [9.17, 15) is 4.79 Å². The zero-order valence-electron chi connectivity index (χ0n) is 11.7. The zero-order chi connectivity index (χ0) is 13.9. The first-order chi connectivity index (χ1) is 9.74. The molecule has 3 unspecified atom stereocenters. The molecular formula is C16H22N2O2. The van der Waals surface area contributed by atoms with Crippen LogP contribution in [0.5, 0.6) is 0 Å². The predicted molar refractivity (Wildman–Crippen MR) is 77.2 cm³/mol. The number of rotatable bonds is 3. The van der Waals surface area contributed by atoms with Crippen molar-refractivity contribution in [3.05, 3.63) is 35.4 Å². The number of ether oxygens (including phenoxy) is 1. The fourth-order valence-corrected chi connectivity index (χ4v) is 3.22. The number of carbonyl (C=O) groups excluding carboxylic acids is 1. The molecule has 0 bridgehead atoms. The Kier molecular flexibility index (Phi) is 4.03. The van der Waals surface area contributed by atoms with Crippen LogP contribution in [0.1, 0.15) is 42.9 Å². The van der Waals surface area contributed by atoms with Gasteiger partial charge in [0.25, 0.3) is 0 Å². The predicted octanol–water partition coefficient (Wildman–Crippen LogP) is 1.69. The normalized spacial score (nSPS) is 28.9. The number of carbonyl (C=O) groups is 1. The molecule has 1 aromatic carbocycles. The van der Waals surface area contributed by atoms with Crippen molar-refractivity contribution in [2.24, 2.45) is 5.73 Å². The van der Waals surface area contributed by atoms with Gasteiger partial charge in [0, 0.05) is 12.6 Å². The summed E-state index contributed by atoms with van der Waals surface area (Å²) in [5.41, 5.74) is 8.58. The van der Waals surface area contributed by atoms with Gasteiger partial charge in [-0.2, -0.15) is 0 Å². The Morgan fingerprint density at radius 2 is 2.20 bits per heavy atom. The van der Waals surface area contributed by atoms with Crippen LogP contribution in [-0.2, 0) is 16.0 Å². The molecule has 4 heteroatoms. The molecule has 0 saturated carbocycles. The number of hydrogen-bond acceptors (Lipinski definition) is 3. The van der Waals surface area contributed by atoms with Crippen LogP contribution in [0.2, 0.25) is 0 Å². The fourth-order valence-electron chi connectivity index (χ4n) is 3.22. The van der Waals surface area contributed by atoms with Crippen molar-refractivity contribution in [1.29, 1.82) is 0 Å². The van der Waals surface area contributed by atoms with Gasteiger partial charge in [0.2, 0.25) is 5.91 Å². The second kappa shape index (κ2) is 5.94. The monoisotopic (exact) mass is 274 g/mol. The van der Waals surface area contributed by atoms with Crippen LogP contribution in [0.4, 0.5) is 0 Å². The maximum Gasteiger partial charge on any atom is 0.223 e. The maximum atomic E-state index is 12.2. The van der Waals surface area contributed by atoms with Gasteiger partial charge >= 0.3 is 0 Å². The highest BCUT2D eigenvalue weighted by molar-refractivity contribution is 5.77. The summed E-state index contributed by atoms with van der Waals surface area (Å²) in [6.07, 6.45) is 4.62. The smallest absolute Gasteiger partial charge is 0.223 e.